The molecule has 3 heteroatoms. The van der Waals surface area contributed by atoms with Crippen LogP contribution in [0.4, 0.5) is 0 Å². The van der Waals surface area contributed by atoms with E-state index in [1.807, 2.05) is 20.8 Å². The van der Waals surface area contributed by atoms with Crippen LogP contribution in [-0.2, 0) is 0 Å². The first-order valence-electron chi connectivity index (χ1n) is 6.61. The Kier molecular flexibility index (Phi) is 8.38. The normalized spacial score (nSPS) is 14.8. The van der Waals surface area contributed by atoms with Crippen LogP contribution in [0.25, 0.3) is 0 Å². The zero-order valence-corrected chi connectivity index (χ0v) is 11.5. The summed E-state index contributed by atoms with van der Waals surface area (Å²) in [5, 5.41) is 11.0. The van der Waals surface area contributed by atoms with E-state index >= 15 is 0 Å². The first-order chi connectivity index (χ1) is 8.06. The SMILES string of the molecule is CCCC/C=C(\C=C(/C(C)CC)[N+](=O)[O-])CC. The average molecular weight is 239 g/mol. The molecule has 1 atom stereocenters. The van der Waals surface area contributed by atoms with Gasteiger partial charge < -0.3 is 0 Å². The van der Waals surface area contributed by atoms with Gasteiger partial charge in [0.1, 0.15) is 0 Å². The number of rotatable bonds is 8. The van der Waals surface area contributed by atoms with E-state index in [2.05, 4.69) is 13.0 Å². The molecule has 0 rings (SSSR count). The van der Waals surface area contributed by atoms with Gasteiger partial charge in [-0.2, -0.15) is 0 Å². The Balaban J connectivity index is 4.86. The van der Waals surface area contributed by atoms with Crippen molar-refractivity contribution in [2.24, 2.45) is 5.92 Å². The number of hydrogen-bond acceptors (Lipinski definition) is 2. The van der Waals surface area contributed by atoms with Crippen molar-refractivity contribution >= 4 is 0 Å². The molecule has 0 aliphatic carbocycles. The number of nitrogens with zero attached hydrogens (tertiary/aromatic N) is 1. The van der Waals surface area contributed by atoms with Gasteiger partial charge in [-0.05, 0) is 24.8 Å². The predicted molar refractivity (Wildman–Crippen MR) is 72.4 cm³/mol. The molecular weight excluding hydrogens is 214 g/mol. The molecule has 98 valence electrons. The van der Waals surface area contributed by atoms with Gasteiger partial charge in [0.15, 0.2) is 0 Å². The van der Waals surface area contributed by atoms with Crippen molar-refractivity contribution in [1.29, 1.82) is 0 Å². The maximum Gasteiger partial charge on any atom is 0.249 e. The fraction of sp³-hybridized carbons (Fsp3) is 0.714. The molecule has 0 N–H and O–H groups in total. The highest BCUT2D eigenvalue weighted by molar-refractivity contribution is 5.21. The molecule has 0 saturated carbocycles. The Morgan fingerprint density at radius 1 is 1.35 bits per heavy atom. The second-order valence-electron chi connectivity index (χ2n) is 4.41. The minimum atomic E-state index is -0.239. The fourth-order valence-corrected chi connectivity index (χ4v) is 1.57. The van der Waals surface area contributed by atoms with Crippen LogP contribution in [0.3, 0.4) is 0 Å². The van der Waals surface area contributed by atoms with Gasteiger partial charge >= 0.3 is 0 Å². The molecule has 0 saturated heterocycles. The van der Waals surface area contributed by atoms with E-state index in [0.717, 1.165) is 37.7 Å². The number of nitro groups is 1. The lowest BCUT2D eigenvalue weighted by molar-refractivity contribution is -0.433. The molecule has 0 radical (unpaired) electrons. The van der Waals surface area contributed by atoms with E-state index in [1.165, 1.54) is 0 Å². The molecule has 0 bridgehead atoms. The quantitative estimate of drug-likeness (QED) is 0.266. The first kappa shape index (κ1) is 15.9. The number of allylic oxidation sites excluding steroid dienone is 4. The Morgan fingerprint density at radius 3 is 2.41 bits per heavy atom. The predicted octanol–water partition coefficient (Wildman–Crippen LogP) is 4.72. The lowest BCUT2D eigenvalue weighted by Gasteiger charge is -2.06. The van der Waals surface area contributed by atoms with Gasteiger partial charge in [0.05, 0.1) is 4.92 Å². The summed E-state index contributed by atoms with van der Waals surface area (Å²) in [7, 11) is 0. The molecule has 0 aromatic heterocycles. The summed E-state index contributed by atoms with van der Waals surface area (Å²) in [5.41, 5.74) is 1.43. The molecule has 0 aromatic rings. The molecule has 3 nitrogen and oxygen atoms in total. The van der Waals surface area contributed by atoms with E-state index in [0.29, 0.717) is 5.70 Å². The van der Waals surface area contributed by atoms with E-state index in [-0.39, 0.29) is 10.8 Å². The summed E-state index contributed by atoms with van der Waals surface area (Å²) in [4.78, 5) is 10.8. The third-order valence-electron chi connectivity index (χ3n) is 3.03. The molecule has 0 amide bonds. The van der Waals surface area contributed by atoms with Crippen LogP contribution in [0, 0.1) is 16.0 Å². The summed E-state index contributed by atoms with van der Waals surface area (Å²) >= 11 is 0. The van der Waals surface area contributed by atoms with E-state index in [1.54, 1.807) is 6.08 Å². The Hall–Kier alpha value is -1.12. The van der Waals surface area contributed by atoms with E-state index < -0.39 is 0 Å². The van der Waals surface area contributed by atoms with Crippen LogP contribution in [-0.4, -0.2) is 4.92 Å². The van der Waals surface area contributed by atoms with Crippen molar-refractivity contribution in [2.75, 3.05) is 0 Å². The van der Waals surface area contributed by atoms with Crippen molar-refractivity contribution in [3.8, 4) is 0 Å². The molecule has 0 spiro atoms. The van der Waals surface area contributed by atoms with E-state index in [4.69, 9.17) is 0 Å². The van der Waals surface area contributed by atoms with Gasteiger partial charge in [-0.15, -0.1) is 0 Å². The third-order valence-corrected chi connectivity index (χ3v) is 3.03. The van der Waals surface area contributed by atoms with Gasteiger partial charge in [-0.1, -0.05) is 46.6 Å². The number of unbranched alkanes of at least 4 members (excludes halogenated alkanes) is 2. The van der Waals surface area contributed by atoms with Crippen LogP contribution in [0.1, 0.15) is 59.8 Å². The smallest absolute Gasteiger partial charge is 0.249 e. The third kappa shape index (κ3) is 6.25. The minimum Gasteiger partial charge on any atom is -0.259 e. The summed E-state index contributed by atoms with van der Waals surface area (Å²) in [5.74, 6) is 0.0196. The van der Waals surface area contributed by atoms with Crippen molar-refractivity contribution in [2.45, 2.75) is 59.8 Å². The standard InChI is InChI=1S/C14H25NO2/c1-5-8-9-10-13(7-3)11-14(15(16)17)12(4)6-2/h10-12H,5-9H2,1-4H3/b13-10-,14-11+. The average Bonchev–Trinajstić information content (AvgIpc) is 2.32. The Bertz CT molecular complexity index is 293. The van der Waals surface area contributed by atoms with Crippen molar-refractivity contribution in [1.82, 2.24) is 0 Å². The number of hydrogen-bond donors (Lipinski definition) is 0. The van der Waals surface area contributed by atoms with Gasteiger partial charge in [0.25, 0.3) is 0 Å². The zero-order valence-electron chi connectivity index (χ0n) is 11.5. The highest BCUT2D eigenvalue weighted by Gasteiger charge is 2.18. The van der Waals surface area contributed by atoms with Crippen LogP contribution >= 0.6 is 0 Å². The molecular formula is C14H25NO2. The lowest BCUT2D eigenvalue weighted by Crippen LogP contribution is -2.08. The zero-order chi connectivity index (χ0) is 13.3. The van der Waals surface area contributed by atoms with Crippen molar-refractivity contribution in [3.05, 3.63) is 33.5 Å². The molecule has 1 unspecified atom stereocenters. The monoisotopic (exact) mass is 239 g/mol. The second kappa shape index (κ2) is 8.97. The van der Waals surface area contributed by atoms with Crippen molar-refractivity contribution < 1.29 is 4.92 Å². The molecule has 0 aromatic carbocycles. The van der Waals surface area contributed by atoms with Crippen LogP contribution in [0.5, 0.6) is 0 Å². The first-order valence-corrected chi connectivity index (χ1v) is 6.61. The Labute approximate surface area is 105 Å². The molecule has 0 aliphatic heterocycles. The van der Waals surface area contributed by atoms with E-state index in [9.17, 15) is 10.1 Å². The molecule has 0 heterocycles. The minimum absolute atomic E-state index is 0.0196. The van der Waals surface area contributed by atoms with Crippen molar-refractivity contribution in [3.63, 3.8) is 0 Å². The van der Waals surface area contributed by atoms with Gasteiger partial charge in [0.2, 0.25) is 5.70 Å². The summed E-state index contributed by atoms with van der Waals surface area (Å²) in [6.45, 7) is 8.09. The molecule has 17 heavy (non-hydrogen) atoms. The van der Waals surface area contributed by atoms with Crippen LogP contribution in [0.2, 0.25) is 0 Å². The molecule has 0 aliphatic rings. The topological polar surface area (TPSA) is 43.1 Å². The second-order valence-corrected chi connectivity index (χ2v) is 4.41. The summed E-state index contributed by atoms with van der Waals surface area (Å²) in [6.07, 6.45) is 8.89. The van der Waals surface area contributed by atoms with Gasteiger partial charge in [-0.3, -0.25) is 10.1 Å². The Morgan fingerprint density at radius 2 is 2.00 bits per heavy atom. The largest absolute Gasteiger partial charge is 0.259 e. The lowest BCUT2D eigenvalue weighted by atomic mass is 10.0. The fourth-order valence-electron chi connectivity index (χ4n) is 1.57. The highest BCUT2D eigenvalue weighted by atomic mass is 16.6. The van der Waals surface area contributed by atoms with Crippen LogP contribution < -0.4 is 0 Å². The van der Waals surface area contributed by atoms with Gasteiger partial charge in [0, 0.05) is 12.0 Å². The summed E-state index contributed by atoms with van der Waals surface area (Å²) in [6, 6.07) is 0. The van der Waals surface area contributed by atoms with Crippen LogP contribution in [0.15, 0.2) is 23.4 Å². The van der Waals surface area contributed by atoms with Gasteiger partial charge in [-0.25, -0.2) is 0 Å². The maximum absolute atomic E-state index is 11.0. The highest BCUT2D eigenvalue weighted by Crippen LogP contribution is 2.19. The summed E-state index contributed by atoms with van der Waals surface area (Å²) < 4.78 is 0. The maximum atomic E-state index is 11.0. The molecule has 0 fully saturated rings.